The highest BCUT2D eigenvalue weighted by atomic mass is 32.2. The highest BCUT2D eigenvalue weighted by Crippen LogP contribution is 2.33. The average molecular weight is 470 g/mol. The van der Waals surface area contributed by atoms with Gasteiger partial charge in [0.15, 0.2) is 16.7 Å². The maximum Gasteiger partial charge on any atom is 0.258 e. The van der Waals surface area contributed by atoms with Crippen molar-refractivity contribution in [3.05, 3.63) is 94.5 Å². The van der Waals surface area contributed by atoms with Crippen LogP contribution in [0, 0.1) is 0 Å². The van der Waals surface area contributed by atoms with E-state index >= 15 is 0 Å². The zero-order valence-electron chi connectivity index (χ0n) is 18.0. The lowest BCUT2D eigenvalue weighted by molar-refractivity contribution is 0.174. The molecule has 0 amide bonds. The summed E-state index contributed by atoms with van der Waals surface area (Å²) in [6, 6.07) is 20.8. The van der Waals surface area contributed by atoms with Crippen molar-refractivity contribution in [2.24, 2.45) is 0 Å². The second-order valence-corrected chi connectivity index (χ2v) is 8.66. The molecule has 9 heteroatoms. The van der Waals surface area contributed by atoms with Crippen molar-refractivity contribution in [3.8, 4) is 11.5 Å². The minimum Gasteiger partial charge on any atom is -0.454 e. The third kappa shape index (κ3) is 4.01. The molecule has 1 aliphatic rings. The molecule has 1 aliphatic heterocycles. The molecular weight excluding hydrogens is 450 g/mol. The van der Waals surface area contributed by atoms with Crippen molar-refractivity contribution < 1.29 is 9.47 Å². The van der Waals surface area contributed by atoms with E-state index in [2.05, 4.69) is 10.3 Å². The lowest BCUT2D eigenvalue weighted by Crippen LogP contribution is -2.14. The lowest BCUT2D eigenvalue weighted by Gasteiger charge is -2.11. The van der Waals surface area contributed by atoms with Crippen LogP contribution in [-0.4, -0.2) is 26.1 Å². The molecule has 0 radical (unpaired) electrons. The van der Waals surface area contributed by atoms with Crippen LogP contribution in [0.5, 0.6) is 11.5 Å². The second kappa shape index (κ2) is 8.68. The van der Waals surface area contributed by atoms with Crippen molar-refractivity contribution in [3.63, 3.8) is 0 Å². The molecule has 0 atom stereocenters. The van der Waals surface area contributed by atoms with E-state index in [1.807, 2.05) is 60.7 Å². The van der Waals surface area contributed by atoms with Crippen molar-refractivity contribution in [2.75, 3.05) is 12.1 Å². The van der Waals surface area contributed by atoms with Crippen LogP contribution in [-0.2, 0) is 12.3 Å². The number of fused-ring (bicyclic) bond motifs is 3. The average Bonchev–Trinajstić information content (AvgIpc) is 3.34. The Kier molecular flexibility index (Phi) is 5.23. The minimum absolute atomic E-state index is 0.105. The Balaban J connectivity index is 1.25. The number of ether oxygens (including phenoxy) is 2. The van der Waals surface area contributed by atoms with Crippen LogP contribution in [0.1, 0.15) is 11.3 Å². The Hall–Kier alpha value is -4.11. The molecule has 1 N–H and O–H groups in total. The van der Waals surface area contributed by atoms with Crippen LogP contribution in [0.25, 0.3) is 16.6 Å². The minimum atomic E-state index is -0.105. The van der Waals surface area contributed by atoms with Gasteiger partial charge in [0.05, 0.1) is 11.2 Å². The maximum absolute atomic E-state index is 12.4. The monoisotopic (exact) mass is 469 g/mol. The van der Waals surface area contributed by atoms with Crippen molar-refractivity contribution >= 4 is 34.1 Å². The van der Waals surface area contributed by atoms with Gasteiger partial charge in [-0.05, 0) is 42.0 Å². The number of anilines is 1. The predicted octanol–water partition coefficient (Wildman–Crippen LogP) is 4.27. The molecule has 0 saturated heterocycles. The Morgan fingerprint density at radius 3 is 2.79 bits per heavy atom. The van der Waals surface area contributed by atoms with Gasteiger partial charge in [0, 0.05) is 29.9 Å². The van der Waals surface area contributed by atoms with E-state index in [0.29, 0.717) is 28.8 Å². The summed E-state index contributed by atoms with van der Waals surface area (Å²) in [5, 5.41) is 4.99. The first-order chi connectivity index (χ1) is 16.7. The number of rotatable bonds is 6. The standard InChI is InChI=1S/C25H19N5O3S/c31-23-12-17(27-22-7-3-4-10-30(22)23)14-34-25-28-19-6-2-1-5-18(19)24(29-25)26-13-16-8-9-20-21(11-16)33-15-32-20/h1-12H,13-15H2,(H,26,28,29). The number of pyridine rings is 1. The van der Waals surface area contributed by atoms with E-state index < -0.39 is 0 Å². The van der Waals surface area contributed by atoms with E-state index in [9.17, 15) is 4.79 Å². The molecule has 0 spiro atoms. The lowest BCUT2D eigenvalue weighted by atomic mass is 10.2. The summed E-state index contributed by atoms with van der Waals surface area (Å²) in [5.74, 6) is 2.75. The molecule has 0 saturated carbocycles. The number of nitrogens with zero attached hydrogens (tertiary/aromatic N) is 4. The molecule has 0 aliphatic carbocycles. The summed E-state index contributed by atoms with van der Waals surface area (Å²) in [5.41, 5.74) is 3.11. The normalized spacial score (nSPS) is 12.4. The Morgan fingerprint density at radius 2 is 1.82 bits per heavy atom. The molecule has 6 rings (SSSR count). The molecule has 4 heterocycles. The molecule has 3 aromatic heterocycles. The fourth-order valence-corrected chi connectivity index (χ4v) is 4.55. The number of aromatic nitrogens is 4. The Morgan fingerprint density at radius 1 is 0.941 bits per heavy atom. The molecule has 8 nitrogen and oxygen atoms in total. The van der Waals surface area contributed by atoms with Crippen molar-refractivity contribution in [1.29, 1.82) is 0 Å². The second-order valence-electron chi connectivity index (χ2n) is 7.72. The van der Waals surface area contributed by atoms with Crippen LogP contribution in [0.4, 0.5) is 5.82 Å². The highest BCUT2D eigenvalue weighted by Gasteiger charge is 2.14. The summed E-state index contributed by atoms with van der Waals surface area (Å²) in [6.07, 6.45) is 1.71. The first-order valence-corrected chi connectivity index (χ1v) is 11.7. The van der Waals surface area contributed by atoms with Crippen LogP contribution in [0.3, 0.4) is 0 Å². The molecule has 2 aromatic carbocycles. The predicted molar refractivity (Wildman–Crippen MR) is 130 cm³/mol. The van der Waals surface area contributed by atoms with E-state index in [1.54, 1.807) is 12.3 Å². The van der Waals surface area contributed by atoms with E-state index in [1.165, 1.54) is 16.2 Å². The summed E-state index contributed by atoms with van der Waals surface area (Å²) >= 11 is 1.45. The number of para-hydroxylation sites is 1. The number of hydrogen-bond acceptors (Lipinski definition) is 8. The van der Waals surface area contributed by atoms with Crippen molar-refractivity contribution in [1.82, 2.24) is 19.4 Å². The van der Waals surface area contributed by atoms with Gasteiger partial charge in [0.25, 0.3) is 5.56 Å². The van der Waals surface area contributed by atoms with Gasteiger partial charge in [0.1, 0.15) is 11.5 Å². The topological polar surface area (TPSA) is 90.6 Å². The largest absolute Gasteiger partial charge is 0.454 e. The van der Waals surface area contributed by atoms with Gasteiger partial charge in [-0.1, -0.05) is 36.0 Å². The molecule has 168 valence electrons. The molecule has 34 heavy (non-hydrogen) atoms. The summed E-state index contributed by atoms with van der Waals surface area (Å²) in [6.45, 7) is 0.826. The van der Waals surface area contributed by atoms with Gasteiger partial charge in [-0.3, -0.25) is 9.20 Å². The van der Waals surface area contributed by atoms with E-state index in [4.69, 9.17) is 19.4 Å². The first-order valence-electron chi connectivity index (χ1n) is 10.7. The van der Waals surface area contributed by atoms with Gasteiger partial charge in [-0.2, -0.15) is 0 Å². The first kappa shape index (κ1) is 20.5. The van der Waals surface area contributed by atoms with Gasteiger partial charge in [-0.25, -0.2) is 15.0 Å². The summed E-state index contributed by atoms with van der Waals surface area (Å²) in [7, 11) is 0. The molecule has 0 unspecified atom stereocenters. The summed E-state index contributed by atoms with van der Waals surface area (Å²) < 4.78 is 12.4. The van der Waals surface area contributed by atoms with E-state index in [0.717, 1.165) is 33.8 Å². The number of benzene rings is 2. The Bertz CT molecular complexity index is 1590. The Labute approximate surface area is 198 Å². The third-order valence-electron chi connectivity index (χ3n) is 5.45. The SMILES string of the molecule is O=c1cc(CSc2nc(NCc3ccc4c(c3)OCO4)c3ccccc3n2)nc2ccccn12. The molecular formula is C25H19N5O3S. The molecule has 5 aromatic rings. The fraction of sp³-hybridized carbons (Fsp3) is 0.120. The third-order valence-corrected chi connectivity index (χ3v) is 6.33. The number of hydrogen-bond donors (Lipinski definition) is 1. The fourth-order valence-electron chi connectivity index (χ4n) is 3.81. The van der Waals surface area contributed by atoms with Crippen LogP contribution >= 0.6 is 11.8 Å². The number of thioether (sulfide) groups is 1. The van der Waals surface area contributed by atoms with Gasteiger partial charge >= 0.3 is 0 Å². The number of nitrogens with one attached hydrogen (secondary N) is 1. The molecule has 0 fully saturated rings. The zero-order valence-corrected chi connectivity index (χ0v) is 18.8. The summed E-state index contributed by atoms with van der Waals surface area (Å²) in [4.78, 5) is 26.4. The van der Waals surface area contributed by atoms with Gasteiger partial charge in [0.2, 0.25) is 6.79 Å². The van der Waals surface area contributed by atoms with Crippen LogP contribution in [0.15, 0.2) is 82.9 Å². The highest BCUT2D eigenvalue weighted by molar-refractivity contribution is 7.98. The van der Waals surface area contributed by atoms with E-state index in [-0.39, 0.29) is 12.4 Å². The molecule has 0 bridgehead atoms. The van der Waals surface area contributed by atoms with Crippen molar-refractivity contribution in [2.45, 2.75) is 17.5 Å². The smallest absolute Gasteiger partial charge is 0.258 e. The van der Waals surface area contributed by atoms with Crippen LogP contribution < -0.4 is 20.3 Å². The quantitative estimate of drug-likeness (QED) is 0.291. The van der Waals surface area contributed by atoms with Crippen LogP contribution in [0.2, 0.25) is 0 Å². The van der Waals surface area contributed by atoms with Gasteiger partial charge < -0.3 is 14.8 Å². The zero-order chi connectivity index (χ0) is 22.9. The maximum atomic E-state index is 12.4. The van der Waals surface area contributed by atoms with Gasteiger partial charge in [-0.15, -0.1) is 0 Å².